The molecule has 0 saturated carbocycles. The predicted molar refractivity (Wildman–Crippen MR) is 84.9 cm³/mol. The van der Waals surface area contributed by atoms with Crippen LogP contribution in [0, 0.1) is 0 Å². The van der Waals surface area contributed by atoms with Crippen molar-refractivity contribution in [2.24, 2.45) is 0 Å². The summed E-state index contributed by atoms with van der Waals surface area (Å²) in [5.74, 6) is 0.480. The van der Waals surface area contributed by atoms with Crippen molar-refractivity contribution in [3.05, 3.63) is 34.9 Å². The zero-order valence-corrected chi connectivity index (χ0v) is 12.4. The molecule has 5 heteroatoms. The Labute approximate surface area is 127 Å². The maximum absolute atomic E-state index is 11.6. The molecule has 3 heterocycles. The van der Waals surface area contributed by atoms with Crippen molar-refractivity contribution >= 4 is 27.6 Å². The molecule has 0 atom stereocenters. The molecule has 1 aliphatic heterocycles. The summed E-state index contributed by atoms with van der Waals surface area (Å²) in [6.45, 7) is 2.00. The minimum absolute atomic E-state index is 0.388. The Morgan fingerprint density at radius 2 is 1.82 bits per heavy atom. The van der Waals surface area contributed by atoms with Gasteiger partial charge in [-0.3, -0.25) is 0 Å². The second kappa shape index (κ2) is 5.09. The molecule has 5 nitrogen and oxygen atoms in total. The van der Waals surface area contributed by atoms with Gasteiger partial charge in [-0.15, -0.1) is 0 Å². The number of hydrogen-bond donors (Lipinski definition) is 0. The van der Waals surface area contributed by atoms with Crippen molar-refractivity contribution in [2.45, 2.75) is 19.3 Å². The van der Waals surface area contributed by atoms with Gasteiger partial charge >= 0.3 is 5.63 Å². The highest BCUT2D eigenvalue weighted by Gasteiger charge is 2.23. The molecule has 1 fully saturated rings. The van der Waals surface area contributed by atoms with Crippen LogP contribution in [-0.2, 0) is 0 Å². The number of furan rings is 1. The van der Waals surface area contributed by atoms with Crippen molar-refractivity contribution in [3.8, 4) is 5.75 Å². The van der Waals surface area contributed by atoms with Crippen molar-refractivity contribution in [1.29, 1.82) is 0 Å². The molecule has 4 rings (SSSR count). The fourth-order valence-electron chi connectivity index (χ4n) is 3.34. The van der Waals surface area contributed by atoms with Crippen LogP contribution in [0.4, 0.5) is 5.69 Å². The van der Waals surface area contributed by atoms with Crippen LogP contribution < -0.4 is 15.3 Å². The van der Waals surface area contributed by atoms with Crippen molar-refractivity contribution in [2.75, 3.05) is 25.1 Å². The average molecular weight is 299 g/mol. The van der Waals surface area contributed by atoms with E-state index in [0.29, 0.717) is 16.9 Å². The standard InChI is InChI=1S/C17H17NO4/c1-20-17-15-12(7-10-21-15)14(18-8-3-2-4-9-18)11-5-6-13(19)22-16(11)17/h5-7,10H,2-4,8-9H2,1H3. The molecular weight excluding hydrogens is 282 g/mol. The van der Waals surface area contributed by atoms with E-state index in [1.165, 1.54) is 25.3 Å². The number of methoxy groups -OCH3 is 1. The average Bonchev–Trinajstić information content (AvgIpc) is 3.02. The molecule has 1 saturated heterocycles. The normalized spacial score (nSPS) is 15.6. The third kappa shape index (κ3) is 1.89. The number of piperidine rings is 1. The number of anilines is 1. The van der Waals surface area contributed by atoms with Gasteiger partial charge in [0.25, 0.3) is 0 Å². The fraction of sp³-hybridized carbons (Fsp3) is 0.353. The number of rotatable bonds is 2. The van der Waals surface area contributed by atoms with E-state index < -0.39 is 0 Å². The Kier molecular flexibility index (Phi) is 3.06. The highest BCUT2D eigenvalue weighted by atomic mass is 16.5. The minimum atomic E-state index is -0.388. The lowest BCUT2D eigenvalue weighted by atomic mass is 10.0. The number of ether oxygens (including phenoxy) is 1. The molecule has 1 aromatic carbocycles. The maximum Gasteiger partial charge on any atom is 0.336 e. The van der Waals surface area contributed by atoms with Crippen LogP contribution in [0.25, 0.3) is 21.9 Å². The monoisotopic (exact) mass is 299 g/mol. The van der Waals surface area contributed by atoms with Crippen LogP contribution in [0.15, 0.2) is 38.1 Å². The van der Waals surface area contributed by atoms with Crippen LogP contribution in [0.3, 0.4) is 0 Å². The molecular formula is C17H17NO4. The van der Waals surface area contributed by atoms with Crippen LogP contribution in [0.2, 0.25) is 0 Å². The van der Waals surface area contributed by atoms with Crippen molar-refractivity contribution < 1.29 is 13.6 Å². The molecule has 3 aromatic rings. The third-order valence-electron chi connectivity index (χ3n) is 4.30. The Morgan fingerprint density at radius 3 is 2.59 bits per heavy atom. The Hall–Kier alpha value is -2.43. The van der Waals surface area contributed by atoms with E-state index in [1.807, 2.05) is 12.1 Å². The van der Waals surface area contributed by atoms with Gasteiger partial charge in [0, 0.05) is 29.9 Å². The third-order valence-corrected chi connectivity index (χ3v) is 4.30. The molecule has 0 unspecified atom stereocenters. The molecule has 0 bridgehead atoms. The summed E-state index contributed by atoms with van der Waals surface area (Å²) >= 11 is 0. The van der Waals surface area contributed by atoms with Gasteiger partial charge in [0.1, 0.15) is 0 Å². The number of benzene rings is 1. The Bertz CT molecular complexity index is 887. The highest BCUT2D eigenvalue weighted by Crippen LogP contribution is 2.43. The largest absolute Gasteiger partial charge is 0.490 e. The summed E-state index contributed by atoms with van der Waals surface area (Å²) in [5, 5.41) is 1.90. The first-order chi connectivity index (χ1) is 10.8. The lowest BCUT2D eigenvalue weighted by molar-refractivity contribution is 0.403. The van der Waals surface area contributed by atoms with Crippen molar-refractivity contribution in [1.82, 2.24) is 0 Å². The first kappa shape index (κ1) is 13.2. The van der Waals surface area contributed by atoms with Crippen LogP contribution in [0.1, 0.15) is 19.3 Å². The van der Waals surface area contributed by atoms with E-state index in [1.54, 1.807) is 13.4 Å². The predicted octanol–water partition coefficient (Wildman–Crippen LogP) is 3.54. The van der Waals surface area contributed by atoms with Gasteiger partial charge in [-0.25, -0.2) is 4.79 Å². The van der Waals surface area contributed by atoms with E-state index in [4.69, 9.17) is 13.6 Å². The Morgan fingerprint density at radius 1 is 1.05 bits per heavy atom. The summed E-state index contributed by atoms with van der Waals surface area (Å²) in [6, 6.07) is 5.23. The fourth-order valence-corrected chi connectivity index (χ4v) is 3.34. The summed E-state index contributed by atoms with van der Waals surface area (Å²) in [5.41, 5.74) is 1.77. The van der Waals surface area contributed by atoms with Crippen LogP contribution in [0.5, 0.6) is 5.75 Å². The lowest BCUT2D eigenvalue weighted by Crippen LogP contribution is -2.29. The van der Waals surface area contributed by atoms with Crippen molar-refractivity contribution in [3.63, 3.8) is 0 Å². The molecule has 114 valence electrons. The second-order valence-electron chi connectivity index (χ2n) is 5.59. The zero-order valence-electron chi connectivity index (χ0n) is 12.4. The van der Waals surface area contributed by atoms with Gasteiger partial charge < -0.3 is 18.5 Å². The van der Waals surface area contributed by atoms with Gasteiger partial charge in [-0.2, -0.15) is 0 Å². The maximum atomic E-state index is 11.6. The first-order valence-electron chi connectivity index (χ1n) is 7.55. The highest BCUT2D eigenvalue weighted by molar-refractivity contribution is 6.12. The summed E-state index contributed by atoms with van der Waals surface area (Å²) in [6.07, 6.45) is 5.25. The van der Waals surface area contributed by atoms with Gasteiger partial charge in [0.15, 0.2) is 11.2 Å². The molecule has 0 spiro atoms. The molecule has 22 heavy (non-hydrogen) atoms. The number of hydrogen-bond acceptors (Lipinski definition) is 5. The molecule has 2 aromatic heterocycles. The molecule has 1 aliphatic rings. The molecule has 0 N–H and O–H groups in total. The molecule has 0 aliphatic carbocycles. The lowest BCUT2D eigenvalue weighted by Gasteiger charge is -2.30. The summed E-state index contributed by atoms with van der Waals surface area (Å²) in [4.78, 5) is 14.0. The molecule has 0 radical (unpaired) electrons. The smallest absolute Gasteiger partial charge is 0.336 e. The van der Waals surface area contributed by atoms with E-state index in [-0.39, 0.29) is 5.63 Å². The minimum Gasteiger partial charge on any atom is -0.490 e. The topological polar surface area (TPSA) is 55.8 Å². The quantitative estimate of drug-likeness (QED) is 0.677. The van der Waals surface area contributed by atoms with Crippen LogP contribution >= 0.6 is 0 Å². The second-order valence-corrected chi connectivity index (χ2v) is 5.59. The van der Waals surface area contributed by atoms with Gasteiger partial charge in [-0.1, -0.05) is 0 Å². The SMILES string of the molecule is COc1c2occc2c(N2CCCCC2)c2ccc(=O)oc12. The van der Waals surface area contributed by atoms with E-state index in [9.17, 15) is 4.79 Å². The van der Waals surface area contributed by atoms with Crippen LogP contribution in [-0.4, -0.2) is 20.2 Å². The first-order valence-corrected chi connectivity index (χ1v) is 7.55. The van der Waals surface area contributed by atoms with Gasteiger partial charge in [-0.05, 0) is 31.4 Å². The van der Waals surface area contributed by atoms with E-state index in [0.717, 1.165) is 29.5 Å². The summed E-state index contributed by atoms with van der Waals surface area (Å²) < 4.78 is 16.5. The van der Waals surface area contributed by atoms with Gasteiger partial charge in [0.2, 0.25) is 5.75 Å². The van der Waals surface area contributed by atoms with E-state index in [2.05, 4.69) is 4.90 Å². The Balaban J connectivity index is 2.11. The number of fused-ring (bicyclic) bond motifs is 2. The van der Waals surface area contributed by atoms with E-state index >= 15 is 0 Å². The zero-order chi connectivity index (χ0) is 15.1. The number of nitrogens with zero attached hydrogens (tertiary/aromatic N) is 1. The molecule has 0 amide bonds. The van der Waals surface area contributed by atoms with Gasteiger partial charge in [0.05, 0.1) is 19.1 Å². The summed E-state index contributed by atoms with van der Waals surface area (Å²) in [7, 11) is 1.56.